The third-order valence-corrected chi connectivity index (χ3v) is 4.54. The molecule has 1 heterocycles. The summed E-state index contributed by atoms with van der Waals surface area (Å²) in [6, 6.07) is 10.6. The van der Waals surface area contributed by atoms with Crippen LogP contribution in [-0.2, 0) is 4.79 Å². The van der Waals surface area contributed by atoms with E-state index in [1.54, 1.807) is 11.4 Å². The van der Waals surface area contributed by atoms with E-state index >= 15 is 0 Å². The Hall–Kier alpha value is -4.04. The highest BCUT2D eigenvalue weighted by atomic mass is 32.1. The third-order valence-electron chi connectivity index (χ3n) is 3.78. The summed E-state index contributed by atoms with van der Waals surface area (Å²) in [4.78, 5) is 16.5. The van der Waals surface area contributed by atoms with Gasteiger partial charge in [-0.25, -0.2) is 4.98 Å². The minimum absolute atomic E-state index is 0.172. The van der Waals surface area contributed by atoms with Gasteiger partial charge in [0, 0.05) is 10.9 Å². The molecule has 1 amide bonds. The van der Waals surface area contributed by atoms with Crippen molar-refractivity contribution in [2.75, 3.05) is 5.32 Å². The Morgan fingerprint density at radius 1 is 1.16 bits per heavy atom. The zero-order valence-corrected chi connectivity index (χ0v) is 16.2. The molecule has 0 aliphatic rings. The van der Waals surface area contributed by atoms with Gasteiger partial charge in [0.05, 0.1) is 5.69 Å². The van der Waals surface area contributed by atoms with Crippen molar-refractivity contribution in [3.8, 4) is 34.6 Å². The number of phenolic OH excluding ortho intramolecular Hbond substituents is 2. The molecule has 0 saturated heterocycles. The molecule has 0 spiro atoms. The number of phenols is 2. The lowest BCUT2D eigenvalue weighted by Crippen LogP contribution is -2.16. The van der Waals surface area contributed by atoms with Gasteiger partial charge < -0.3 is 14.9 Å². The number of carbonyl (C=O) groups is 1. The van der Waals surface area contributed by atoms with Gasteiger partial charge in [-0.3, -0.25) is 10.1 Å². The summed E-state index contributed by atoms with van der Waals surface area (Å²) in [6.45, 7) is 0. The van der Waals surface area contributed by atoms with Gasteiger partial charge in [-0.1, -0.05) is 6.07 Å². The molecule has 0 aliphatic heterocycles. The molecule has 3 rings (SSSR count). The molecule has 0 bridgehead atoms. The Kier molecular flexibility index (Phi) is 6.12. The van der Waals surface area contributed by atoms with Crippen molar-refractivity contribution in [2.45, 2.75) is 6.36 Å². The highest BCUT2D eigenvalue weighted by Crippen LogP contribution is 2.29. The van der Waals surface area contributed by atoms with Gasteiger partial charge in [0.15, 0.2) is 16.6 Å². The van der Waals surface area contributed by atoms with Crippen LogP contribution in [0, 0.1) is 11.3 Å². The minimum atomic E-state index is -4.79. The lowest BCUT2D eigenvalue weighted by molar-refractivity contribution is -0.274. The van der Waals surface area contributed by atoms with Crippen LogP contribution in [0.5, 0.6) is 17.2 Å². The second-order valence-corrected chi connectivity index (χ2v) is 6.84. The van der Waals surface area contributed by atoms with E-state index in [4.69, 9.17) is 0 Å². The molecule has 0 atom stereocenters. The summed E-state index contributed by atoms with van der Waals surface area (Å²) < 4.78 is 40.5. The smallest absolute Gasteiger partial charge is 0.504 e. The van der Waals surface area contributed by atoms with E-state index in [9.17, 15) is 33.4 Å². The van der Waals surface area contributed by atoms with Gasteiger partial charge >= 0.3 is 6.36 Å². The van der Waals surface area contributed by atoms with Gasteiger partial charge in [-0.2, -0.15) is 5.26 Å². The second-order valence-electron chi connectivity index (χ2n) is 5.98. The van der Waals surface area contributed by atoms with Crippen LogP contribution in [-0.4, -0.2) is 27.5 Å². The van der Waals surface area contributed by atoms with Crippen molar-refractivity contribution < 1.29 is 32.9 Å². The van der Waals surface area contributed by atoms with Crippen LogP contribution < -0.4 is 10.1 Å². The van der Waals surface area contributed by atoms with Crippen LogP contribution in [0.1, 0.15) is 5.56 Å². The van der Waals surface area contributed by atoms with Gasteiger partial charge in [-0.15, -0.1) is 24.5 Å². The van der Waals surface area contributed by atoms with Crippen molar-refractivity contribution in [3.05, 3.63) is 59.0 Å². The lowest BCUT2D eigenvalue weighted by atomic mass is 10.1. The molecule has 0 aliphatic carbocycles. The molecule has 0 saturated carbocycles. The number of alkyl halides is 3. The van der Waals surface area contributed by atoms with E-state index in [1.165, 1.54) is 36.4 Å². The topological polar surface area (TPSA) is 115 Å². The summed E-state index contributed by atoms with van der Waals surface area (Å²) in [7, 11) is 0. The zero-order chi connectivity index (χ0) is 22.6. The Balaban J connectivity index is 1.72. The molecular weight excluding hydrogens is 435 g/mol. The maximum absolute atomic E-state index is 12.4. The molecule has 1 aromatic heterocycles. The third kappa shape index (κ3) is 5.74. The number of carbonyl (C=O) groups excluding carboxylic acids is 1. The maximum atomic E-state index is 12.4. The van der Waals surface area contributed by atoms with Gasteiger partial charge in [0.2, 0.25) is 0 Å². The van der Waals surface area contributed by atoms with Crippen molar-refractivity contribution in [3.63, 3.8) is 0 Å². The summed E-state index contributed by atoms with van der Waals surface area (Å²) in [5.74, 6) is -1.86. The van der Waals surface area contributed by atoms with E-state index in [-0.39, 0.29) is 22.2 Å². The molecule has 158 valence electrons. The number of hydrogen-bond acceptors (Lipinski definition) is 7. The van der Waals surface area contributed by atoms with Crippen LogP contribution in [0.2, 0.25) is 0 Å². The van der Waals surface area contributed by atoms with E-state index in [1.807, 2.05) is 0 Å². The number of halogens is 3. The lowest BCUT2D eigenvalue weighted by Gasteiger charge is -2.08. The molecular formula is C20H12F3N3O4S. The van der Waals surface area contributed by atoms with Crippen molar-refractivity contribution in [1.29, 1.82) is 5.26 Å². The number of hydrogen-bond donors (Lipinski definition) is 3. The van der Waals surface area contributed by atoms with E-state index in [0.29, 0.717) is 16.8 Å². The van der Waals surface area contributed by atoms with Crippen LogP contribution in [0.25, 0.3) is 17.3 Å². The molecule has 0 unspecified atom stereocenters. The Labute approximate surface area is 177 Å². The Morgan fingerprint density at radius 2 is 1.87 bits per heavy atom. The number of amides is 1. The normalized spacial score (nSPS) is 11.6. The zero-order valence-electron chi connectivity index (χ0n) is 15.3. The van der Waals surface area contributed by atoms with E-state index < -0.39 is 18.0 Å². The first-order valence-electron chi connectivity index (χ1n) is 8.41. The first-order valence-corrected chi connectivity index (χ1v) is 9.29. The SMILES string of the molecule is N#C/C(=C\c1ccc(O)c(O)c1)C(=O)Nc1nc(-c2ccc(OC(F)(F)F)cc2)cs1. The molecule has 3 aromatic rings. The van der Waals surface area contributed by atoms with Crippen molar-refractivity contribution in [1.82, 2.24) is 4.98 Å². The number of nitrogens with zero attached hydrogens (tertiary/aromatic N) is 2. The molecule has 0 radical (unpaired) electrons. The van der Waals surface area contributed by atoms with E-state index in [0.717, 1.165) is 23.5 Å². The van der Waals surface area contributed by atoms with Gasteiger partial charge in [0.25, 0.3) is 5.91 Å². The van der Waals surface area contributed by atoms with Crippen LogP contribution in [0.4, 0.5) is 18.3 Å². The molecule has 7 nitrogen and oxygen atoms in total. The quantitative estimate of drug-likeness (QED) is 0.298. The summed E-state index contributed by atoms with van der Waals surface area (Å²) >= 11 is 1.06. The summed E-state index contributed by atoms with van der Waals surface area (Å²) in [6.07, 6.45) is -3.56. The maximum Gasteiger partial charge on any atom is 0.573 e. The highest BCUT2D eigenvalue weighted by Gasteiger charge is 2.31. The largest absolute Gasteiger partial charge is 0.573 e. The Bertz CT molecular complexity index is 1180. The fraction of sp³-hybridized carbons (Fsp3) is 0.0500. The van der Waals surface area contributed by atoms with E-state index in [2.05, 4.69) is 15.0 Å². The van der Waals surface area contributed by atoms with Crippen LogP contribution >= 0.6 is 11.3 Å². The highest BCUT2D eigenvalue weighted by molar-refractivity contribution is 7.14. The number of aromatic hydroxyl groups is 2. The second kappa shape index (κ2) is 8.76. The predicted molar refractivity (Wildman–Crippen MR) is 106 cm³/mol. The van der Waals surface area contributed by atoms with Crippen LogP contribution in [0.3, 0.4) is 0 Å². The van der Waals surface area contributed by atoms with Crippen molar-refractivity contribution >= 4 is 28.5 Å². The molecule has 11 heteroatoms. The number of benzene rings is 2. The van der Waals surface area contributed by atoms with Crippen LogP contribution in [0.15, 0.2) is 53.4 Å². The first kappa shape index (κ1) is 21.7. The van der Waals surface area contributed by atoms with Gasteiger partial charge in [-0.05, 0) is 48.0 Å². The number of ether oxygens (including phenoxy) is 1. The molecule has 2 aromatic carbocycles. The Morgan fingerprint density at radius 3 is 2.48 bits per heavy atom. The van der Waals surface area contributed by atoms with Crippen molar-refractivity contribution in [2.24, 2.45) is 0 Å². The number of thiazole rings is 1. The summed E-state index contributed by atoms with van der Waals surface area (Å²) in [5, 5.41) is 32.3. The fourth-order valence-corrected chi connectivity index (χ4v) is 3.12. The average molecular weight is 447 g/mol. The number of nitrogens with one attached hydrogen (secondary N) is 1. The number of rotatable bonds is 5. The first-order chi connectivity index (χ1) is 14.6. The number of nitriles is 1. The summed E-state index contributed by atoms with van der Waals surface area (Å²) in [5.41, 5.74) is 0.963. The predicted octanol–water partition coefficient (Wildman–Crippen LogP) is 4.67. The minimum Gasteiger partial charge on any atom is -0.504 e. The monoisotopic (exact) mass is 447 g/mol. The molecule has 0 fully saturated rings. The standard InChI is InChI=1S/C20H12F3N3O4S/c21-20(22,23)30-14-4-2-12(3-5-14)15-10-31-19(25-15)26-18(29)13(9-24)7-11-1-6-16(27)17(28)8-11/h1-8,10,27-28H,(H,25,26,29)/b13-7+. The molecule has 3 N–H and O–H groups in total. The fourth-order valence-electron chi connectivity index (χ4n) is 2.40. The number of aromatic nitrogens is 1. The number of anilines is 1. The average Bonchev–Trinajstić information content (AvgIpc) is 3.16. The molecule has 31 heavy (non-hydrogen) atoms. The van der Waals surface area contributed by atoms with Gasteiger partial charge in [0.1, 0.15) is 17.4 Å².